The molecule has 0 unspecified atom stereocenters. The maximum absolute atomic E-state index is 9.18. The molecule has 2 N–H and O–H groups in total. The van der Waals surface area contributed by atoms with E-state index in [-0.39, 0.29) is 5.75 Å². The van der Waals surface area contributed by atoms with Crippen LogP contribution in [0.25, 0.3) is 11.4 Å². The van der Waals surface area contributed by atoms with Gasteiger partial charge in [0.05, 0.1) is 0 Å². The molecular weight excluding hydrogens is 218 g/mol. The van der Waals surface area contributed by atoms with E-state index in [1.807, 2.05) is 0 Å². The molecular formula is C12H15N3O2. The SMILES string of the molecule is CCNCCc1nc(-c2ccc(O)cc2)no1. The first-order valence-electron chi connectivity index (χ1n) is 5.62. The van der Waals surface area contributed by atoms with E-state index in [1.54, 1.807) is 24.3 Å². The molecule has 5 nitrogen and oxygen atoms in total. The number of likely N-dealkylation sites (N-methyl/N-ethyl adjacent to an activating group) is 1. The number of aromatic hydroxyl groups is 1. The zero-order chi connectivity index (χ0) is 12.1. The molecule has 2 rings (SSSR count). The zero-order valence-electron chi connectivity index (χ0n) is 9.68. The zero-order valence-corrected chi connectivity index (χ0v) is 9.68. The van der Waals surface area contributed by atoms with Gasteiger partial charge in [0.25, 0.3) is 0 Å². The monoisotopic (exact) mass is 233 g/mol. The Bertz CT molecular complexity index is 465. The van der Waals surface area contributed by atoms with Crippen LogP contribution < -0.4 is 5.32 Å². The van der Waals surface area contributed by atoms with E-state index in [9.17, 15) is 5.11 Å². The number of aromatic nitrogens is 2. The highest BCUT2D eigenvalue weighted by molar-refractivity contribution is 5.55. The fourth-order valence-corrected chi connectivity index (χ4v) is 1.46. The molecule has 0 atom stereocenters. The Morgan fingerprint density at radius 2 is 2.06 bits per heavy atom. The molecule has 0 spiro atoms. The number of hydrogen-bond acceptors (Lipinski definition) is 5. The Kier molecular flexibility index (Phi) is 3.72. The summed E-state index contributed by atoms with van der Waals surface area (Å²) in [4.78, 5) is 4.28. The van der Waals surface area contributed by atoms with Crippen LogP contribution in [-0.4, -0.2) is 28.3 Å². The summed E-state index contributed by atoms with van der Waals surface area (Å²) >= 11 is 0. The van der Waals surface area contributed by atoms with Crippen LogP contribution in [0, 0.1) is 0 Å². The van der Waals surface area contributed by atoms with Gasteiger partial charge in [-0.05, 0) is 30.8 Å². The lowest BCUT2D eigenvalue weighted by Crippen LogP contribution is -2.16. The molecule has 2 aromatic rings. The topological polar surface area (TPSA) is 71.2 Å². The predicted octanol–water partition coefficient (Wildman–Crippen LogP) is 1.59. The molecule has 0 amide bonds. The second kappa shape index (κ2) is 5.45. The van der Waals surface area contributed by atoms with Gasteiger partial charge in [-0.25, -0.2) is 0 Å². The van der Waals surface area contributed by atoms with Crippen molar-refractivity contribution in [2.45, 2.75) is 13.3 Å². The van der Waals surface area contributed by atoms with E-state index in [1.165, 1.54) is 0 Å². The summed E-state index contributed by atoms with van der Waals surface area (Å²) in [7, 11) is 0. The first kappa shape index (κ1) is 11.6. The van der Waals surface area contributed by atoms with Crippen molar-refractivity contribution in [3.05, 3.63) is 30.2 Å². The van der Waals surface area contributed by atoms with Crippen LogP contribution in [0.15, 0.2) is 28.8 Å². The second-order valence-electron chi connectivity index (χ2n) is 3.66. The molecule has 5 heteroatoms. The summed E-state index contributed by atoms with van der Waals surface area (Å²) in [5.74, 6) is 1.40. The minimum Gasteiger partial charge on any atom is -0.508 e. The minimum absolute atomic E-state index is 0.226. The molecule has 0 aliphatic heterocycles. The molecule has 1 aromatic heterocycles. The standard InChI is InChI=1S/C12H15N3O2/c1-2-13-8-7-11-14-12(15-17-11)9-3-5-10(16)6-4-9/h3-6,13,16H,2,7-8H2,1H3. The maximum atomic E-state index is 9.18. The van der Waals surface area contributed by atoms with Crippen LogP contribution in [0.1, 0.15) is 12.8 Å². The third-order valence-electron chi connectivity index (χ3n) is 2.36. The van der Waals surface area contributed by atoms with Gasteiger partial charge in [-0.2, -0.15) is 4.98 Å². The summed E-state index contributed by atoms with van der Waals surface area (Å²) in [6.45, 7) is 3.81. The highest BCUT2D eigenvalue weighted by atomic mass is 16.5. The van der Waals surface area contributed by atoms with Gasteiger partial charge in [-0.1, -0.05) is 12.1 Å². The predicted molar refractivity (Wildman–Crippen MR) is 63.6 cm³/mol. The number of nitrogens with zero attached hydrogens (tertiary/aromatic N) is 2. The average molecular weight is 233 g/mol. The molecule has 0 aliphatic rings. The van der Waals surface area contributed by atoms with Gasteiger partial charge < -0.3 is 14.9 Å². The molecule has 1 aromatic carbocycles. The number of phenols is 1. The lowest BCUT2D eigenvalue weighted by atomic mass is 10.2. The molecule has 0 radical (unpaired) electrons. The number of benzene rings is 1. The van der Waals surface area contributed by atoms with Crippen molar-refractivity contribution in [1.29, 1.82) is 0 Å². The molecule has 90 valence electrons. The van der Waals surface area contributed by atoms with E-state index >= 15 is 0 Å². The van der Waals surface area contributed by atoms with Gasteiger partial charge in [0.15, 0.2) is 0 Å². The molecule has 0 fully saturated rings. The summed E-state index contributed by atoms with van der Waals surface area (Å²) in [5, 5.41) is 16.3. The summed E-state index contributed by atoms with van der Waals surface area (Å²) in [5.41, 5.74) is 0.834. The Hall–Kier alpha value is -1.88. The van der Waals surface area contributed by atoms with Crippen molar-refractivity contribution in [2.75, 3.05) is 13.1 Å². The van der Waals surface area contributed by atoms with E-state index < -0.39 is 0 Å². The largest absolute Gasteiger partial charge is 0.508 e. The van der Waals surface area contributed by atoms with E-state index in [0.717, 1.165) is 25.1 Å². The number of phenolic OH excluding ortho intramolecular Hbond substituents is 1. The number of hydrogen-bond donors (Lipinski definition) is 2. The Labute approximate surface area is 99.5 Å². The van der Waals surface area contributed by atoms with Crippen molar-refractivity contribution in [3.8, 4) is 17.1 Å². The van der Waals surface area contributed by atoms with Crippen LogP contribution >= 0.6 is 0 Å². The van der Waals surface area contributed by atoms with Crippen molar-refractivity contribution < 1.29 is 9.63 Å². The minimum atomic E-state index is 0.226. The Morgan fingerprint density at radius 1 is 1.29 bits per heavy atom. The number of nitrogens with one attached hydrogen (secondary N) is 1. The first-order chi connectivity index (χ1) is 8.29. The lowest BCUT2D eigenvalue weighted by molar-refractivity contribution is 0.377. The van der Waals surface area contributed by atoms with E-state index in [0.29, 0.717) is 11.7 Å². The Morgan fingerprint density at radius 3 is 2.76 bits per heavy atom. The smallest absolute Gasteiger partial charge is 0.228 e. The van der Waals surface area contributed by atoms with Crippen LogP contribution in [0.3, 0.4) is 0 Å². The first-order valence-corrected chi connectivity index (χ1v) is 5.62. The molecule has 0 saturated carbocycles. The molecule has 1 heterocycles. The normalized spacial score (nSPS) is 10.6. The lowest BCUT2D eigenvalue weighted by Gasteiger charge is -1.95. The third kappa shape index (κ3) is 3.04. The van der Waals surface area contributed by atoms with Crippen LogP contribution in [-0.2, 0) is 6.42 Å². The van der Waals surface area contributed by atoms with Gasteiger partial charge >= 0.3 is 0 Å². The molecule has 0 aliphatic carbocycles. The summed E-state index contributed by atoms with van der Waals surface area (Å²) in [6, 6.07) is 6.72. The molecule has 17 heavy (non-hydrogen) atoms. The maximum Gasteiger partial charge on any atom is 0.228 e. The van der Waals surface area contributed by atoms with Gasteiger partial charge in [-0.3, -0.25) is 0 Å². The number of rotatable bonds is 5. The second-order valence-corrected chi connectivity index (χ2v) is 3.66. The van der Waals surface area contributed by atoms with Crippen molar-refractivity contribution >= 4 is 0 Å². The fraction of sp³-hybridized carbons (Fsp3) is 0.333. The highest BCUT2D eigenvalue weighted by Gasteiger charge is 2.07. The summed E-state index contributed by atoms with van der Waals surface area (Å²) < 4.78 is 5.13. The van der Waals surface area contributed by atoms with Crippen LogP contribution in [0.2, 0.25) is 0 Å². The van der Waals surface area contributed by atoms with Crippen molar-refractivity contribution in [2.24, 2.45) is 0 Å². The van der Waals surface area contributed by atoms with Crippen LogP contribution in [0.5, 0.6) is 5.75 Å². The average Bonchev–Trinajstić information content (AvgIpc) is 2.79. The fourth-order valence-electron chi connectivity index (χ4n) is 1.46. The van der Waals surface area contributed by atoms with Crippen molar-refractivity contribution in [3.63, 3.8) is 0 Å². The molecule has 0 bridgehead atoms. The Balaban J connectivity index is 2.04. The van der Waals surface area contributed by atoms with Crippen molar-refractivity contribution in [1.82, 2.24) is 15.5 Å². The van der Waals surface area contributed by atoms with Gasteiger partial charge in [-0.15, -0.1) is 0 Å². The van der Waals surface area contributed by atoms with E-state index in [4.69, 9.17) is 4.52 Å². The van der Waals surface area contributed by atoms with Gasteiger partial charge in [0.2, 0.25) is 11.7 Å². The third-order valence-corrected chi connectivity index (χ3v) is 2.36. The van der Waals surface area contributed by atoms with E-state index in [2.05, 4.69) is 22.4 Å². The highest BCUT2D eigenvalue weighted by Crippen LogP contribution is 2.18. The van der Waals surface area contributed by atoms with Gasteiger partial charge in [0.1, 0.15) is 5.75 Å². The van der Waals surface area contributed by atoms with Gasteiger partial charge in [0, 0.05) is 18.5 Å². The van der Waals surface area contributed by atoms with Crippen LogP contribution in [0.4, 0.5) is 0 Å². The molecule has 0 saturated heterocycles. The quantitative estimate of drug-likeness (QED) is 0.767. The summed E-state index contributed by atoms with van der Waals surface area (Å²) in [6.07, 6.45) is 0.721.